The third-order valence-corrected chi connectivity index (χ3v) is 3.82. The number of carboxylic acids is 1. The Kier molecular flexibility index (Phi) is 4.78. The lowest BCUT2D eigenvalue weighted by molar-refractivity contribution is -0.139. The van der Waals surface area contributed by atoms with Crippen molar-refractivity contribution in [2.45, 2.75) is 59.0 Å². The van der Waals surface area contributed by atoms with Gasteiger partial charge >= 0.3 is 5.97 Å². The van der Waals surface area contributed by atoms with E-state index in [0.29, 0.717) is 24.3 Å². The summed E-state index contributed by atoms with van der Waals surface area (Å²) in [6.07, 6.45) is 2.55. The van der Waals surface area contributed by atoms with E-state index in [1.165, 1.54) is 6.42 Å². The average molecular weight is 227 g/mol. The molecule has 1 heterocycles. The van der Waals surface area contributed by atoms with Crippen LogP contribution in [-0.2, 0) is 4.79 Å². The number of hydrogen-bond donors (Lipinski definition) is 1. The molecule has 2 atom stereocenters. The summed E-state index contributed by atoms with van der Waals surface area (Å²) in [5, 5.41) is 8.96. The van der Waals surface area contributed by atoms with Gasteiger partial charge in [0, 0.05) is 12.1 Å². The van der Waals surface area contributed by atoms with E-state index in [0.717, 1.165) is 13.0 Å². The molecule has 1 aliphatic heterocycles. The van der Waals surface area contributed by atoms with Gasteiger partial charge < -0.3 is 5.11 Å². The van der Waals surface area contributed by atoms with Crippen molar-refractivity contribution >= 4 is 5.97 Å². The average Bonchev–Trinajstić information content (AvgIpc) is 2.15. The fourth-order valence-corrected chi connectivity index (χ4v) is 2.79. The van der Waals surface area contributed by atoms with E-state index in [4.69, 9.17) is 5.11 Å². The van der Waals surface area contributed by atoms with E-state index < -0.39 is 5.97 Å². The molecule has 1 aliphatic rings. The Morgan fingerprint density at radius 3 is 2.44 bits per heavy atom. The van der Waals surface area contributed by atoms with Gasteiger partial charge in [0.25, 0.3) is 0 Å². The van der Waals surface area contributed by atoms with Gasteiger partial charge in [0.1, 0.15) is 0 Å². The van der Waals surface area contributed by atoms with Crippen LogP contribution in [0, 0.1) is 11.8 Å². The van der Waals surface area contributed by atoms with Gasteiger partial charge in [0.2, 0.25) is 0 Å². The summed E-state index contributed by atoms with van der Waals surface area (Å²) in [6.45, 7) is 9.86. The zero-order valence-corrected chi connectivity index (χ0v) is 10.9. The second kappa shape index (κ2) is 5.67. The Balaban J connectivity index is 2.65. The summed E-state index contributed by atoms with van der Waals surface area (Å²) in [7, 11) is 0. The molecule has 0 aromatic heterocycles. The van der Waals surface area contributed by atoms with Crippen LogP contribution in [0.1, 0.15) is 47.0 Å². The first-order valence-electron chi connectivity index (χ1n) is 6.39. The molecule has 2 unspecified atom stereocenters. The molecule has 0 radical (unpaired) electrons. The summed E-state index contributed by atoms with van der Waals surface area (Å²) in [5.41, 5.74) is 0. The van der Waals surface area contributed by atoms with E-state index >= 15 is 0 Å². The van der Waals surface area contributed by atoms with Crippen LogP contribution in [0.5, 0.6) is 0 Å². The van der Waals surface area contributed by atoms with Gasteiger partial charge in [-0.1, -0.05) is 13.8 Å². The van der Waals surface area contributed by atoms with Crippen LogP contribution in [0.2, 0.25) is 0 Å². The minimum Gasteiger partial charge on any atom is -0.481 e. The van der Waals surface area contributed by atoms with Crippen molar-refractivity contribution in [2.75, 3.05) is 6.54 Å². The highest BCUT2D eigenvalue weighted by Crippen LogP contribution is 2.31. The highest BCUT2D eigenvalue weighted by atomic mass is 16.4. The molecule has 3 heteroatoms. The second-order valence-corrected chi connectivity index (χ2v) is 5.61. The molecule has 0 aromatic carbocycles. The molecule has 3 nitrogen and oxygen atoms in total. The highest BCUT2D eigenvalue weighted by molar-refractivity contribution is 5.67. The van der Waals surface area contributed by atoms with Crippen LogP contribution in [0.4, 0.5) is 0 Å². The van der Waals surface area contributed by atoms with Gasteiger partial charge in [0.15, 0.2) is 0 Å². The Bertz CT molecular complexity index is 238. The SMILES string of the molecule is CC(C)C1CCN(C(C)C)C(CC(=O)O)C1. The molecule has 1 saturated heterocycles. The zero-order chi connectivity index (χ0) is 12.3. The third-order valence-electron chi connectivity index (χ3n) is 3.82. The van der Waals surface area contributed by atoms with Crippen LogP contribution in [0.15, 0.2) is 0 Å². The van der Waals surface area contributed by atoms with Crippen molar-refractivity contribution < 1.29 is 9.90 Å². The van der Waals surface area contributed by atoms with Crippen molar-refractivity contribution in [2.24, 2.45) is 11.8 Å². The number of carbonyl (C=O) groups is 1. The fraction of sp³-hybridized carbons (Fsp3) is 0.923. The summed E-state index contributed by atoms with van der Waals surface area (Å²) >= 11 is 0. The maximum atomic E-state index is 10.9. The lowest BCUT2D eigenvalue weighted by Crippen LogP contribution is -2.47. The maximum Gasteiger partial charge on any atom is 0.304 e. The highest BCUT2D eigenvalue weighted by Gasteiger charge is 2.32. The maximum absolute atomic E-state index is 10.9. The van der Waals surface area contributed by atoms with Gasteiger partial charge in [-0.15, -0.1) is 0 Å². The zero-order valence-electron chi connectivity index (χ0n) is 10.9. The van der Waals surface area contributed by atoms with Gasteiger partial charge in [-0.3, -0.25) is 9.69 Å². The molecule has 1 rings (SSSR count). The van der Waals surface area contributed by atoms with E-state index in [1.807, 2.05) is 0 Å². The number of aliphatic carboxylic acids is 1. The summed E-state index contributed by atoms with van der Waals surface area (Å²) < 4.78 is 0. The monoisotopic (exact) mass is 227 g/mol. The third kappa shape index (κ3) is 3.48. The standard InChI is InChI=1S/C13H25NO2/c1-9(2)11-5-6-14(10(3)4)12(7-11)8-13(15)16/h9-12H,5-8H2,1-4H3,(H,15,16). The minimum atomic E-state index is -0.667. The number of piperidine rings is 1. The van der Waals surface area contributed by atoms with Crippen LogP contribution >= 0.6 is 0 Å². The number of carboxylic acid groups (broad SMARTS) is 1. The Labute approximate surface area is 98.8 Å². The molecule has 1 fully saturated rings. The molecule has 16 heavy (non-hydrogen) atoms. The van der Waals surface area contributed by atoms with E-state index in [9.17, 15) is 4.79 Å². The fourth-order valence-electron chi connectivity index (χ4n) is 2.79. The lowest BCUT2D eigenvalue weighted by atomic mass is 9.81. The van der Waals surface area contributed by atoms with Crippen molar-refractivity contribution in [3.63, 3.8) is 0 Å². The van der Waals surface area contributed by atoms with Gasteiger partial charge in [-0.2, -0.15) is 0 Å². The van der Waals surface area contributed by atoms with Gasteiger partial charge in [-0.25, -0.2) is 0 Å². The molecule has 0 aliphatic carbocycles. The first-order valence-corrected chi connectivity index (χ1v) is 6.39. The lowest BCUT2D eigenvalue weighted by Gasteiger charge is -2.42. The molecular weight excluding hydrogens is 202 g/mol. The molecule has 94 valence electrons. The van der Waals surface area contributed by atoms with Crippen molar-refractivity contribution in [3.8, 4) is 0 Å². The molecule has 0 aromatic rings. The van der Waals surface area contributed by atoms with E-state index in [-0.39, 0.29) is 6.04 Å². The molecule has 1 N–H and O–H groups in total. The number of nitrogens with zero attached hydrogens (tertiary/aromatic N) is 1. The summed E-state index contributed by atoms with van der Waals surface area (Å²) in [6, 6.07) is 0.691. The predicted octanol–water partition coefficient (Wildman–Crippen LogP) is 2.61. The van der Waals surface area contributed by atoms with Crippen molar-refractivity contribution in [1.82, 2.24) is 4.90 Å². The molecular formula is C13H25NO2. The Morgan fingerprint density at radius 1 is 1.38 bits per heavy atom. The van der Waals surface area contributed by atoms with E-state index in [1.54, 1.807) is 0 Å². The summed E-state index contributed by atoms with van der Waals surface area (Å²) in [4.78, 5) is 13.2. The first kappa shape index (κ1) is 13.5. The Morgan fingerprint density at radius 2 is 2.00 bits per heavy atom. The molecule has 0 spiro atoms. The quantitative estimate of drug-likeness (QED) is 0.802. The van der Waals surface area contributed by atoms with Gasteiger partial charge in [-0.05, 0) is 45.1 Å². The van der Waals surface area contributed by atoms with Crippen LogP contribution in [0.25, 0.3) is 0 Å². The molecule has 0 bridgehead atoms. The smallest absolute Gasteiger partial charge is 0.304 e. The van der Waals surface area contributed by atoms with Crippen LogP contribution < -0.4 is 0 Å². The Hall–Kier alpha value is -0.570. The predicted molar refractivity (Wildman–Crippen MR) is 65.4 cm³/mol. The molecule has 0 amide bonds. The largest absolute Gasteiger partial charge is 0.481 e. The minimum absolute atomic E-state index is 0.235. The number of likely N-dealkylation sites (tertiary alicyclic amines) is 1. The van der Waals surface area contributed by atoms with Gasteiger partial charge in [0.05, 0.1) is 6.42 Å². The van der Waals surface area contributed by atoms with Crippen LogP contribution in [0.3, 0.4) is 0 Å². The number of hydrogen-bond acceptors (Lipinski definition) is 2. The number of rotatable bonds is 4. The normalized spacial score (nSPS) is 27.6. The van der Waals surface area contributed by atoms with E-state index in [2.05, 4.69) is 32.6 Å². The molecule has 0 saturated carbocycles. The van der Waals surface area contributed by atoms with Crippen molar-refractivity contribution in [3.05, 3.63) is 0 Å². The topological polar surface area (TPSA) is 40.5 Å². The summed E-state index contributed by atoms with van der Waals surface area (Å²) in [5.74, 6) is 0.699. The first-order chi connectivity index (χ1) is 7.41. The van der Waals surface area contributed by atoms with Crippen LogP contribution in [-0.4, -0.2) is 34.6 Å². The van der Waals surface area contributed by atoms with Crippen molar-refractivity contribution in [1.29, 1.82) is 0 Å². The second-order valence-electron chi connectivity index (χ2n) is 5.61.